The van der Waals surface area contributed by atoms with E-state index in [0.717, 1.165) is 0 Å². The molecule has 2 rings (SSSR count). The number of nitrogens with zero attached hydrogens (tertiary/aromatic N) is 2. The first kappa shape index (κ1) is 28.7. The molecule has 1 aromatic carbocycles. The summed E-state index contributed by atoms with van der Waals surface area (Å²) < 4.78 is 50.4. The van der Waals surface area contributed by atoms with Crippen LogP contribution in [0.15, 0.2) is 18.2 Å². The van der Waals surface area contributed by atoms with Crippen LogP contribution in [0.3, 0.4) is 0 Å². The number of rotatable bonds is 5. The van der Waals surface area contributed by atoms with Crippen molar-refractivity contribution in [1.82, 2.24) is 15.1 Å². The standard InChI is InChI=1S/C24H37F3N4O4/c1-15(2)28-23(33)29-18-7-8-20-19(11-18)22(32)30(5)13-21(34-6)16(3)12-31(17(4)14-35-20)10-9-24(25,26)27/h7-8,11,15-17,21H,9-10,12-14H2,1-6H3,(H2,28,29,33)/t16-,17+,21-/m0/s1. The number of methoxy groups -OCH3 is 1. The van der Waals surface area contributed by atoms with Crippen LogP contribution >= 0.6 is 0 Å². The molecule has 0 spiro atoms. The van der Waals surface area contributed by atoms with Gasteiger partial charge in [0.2, 0.25) is 0 Å². The minimum absolute atomic E-state index is 0.0647. The maximum absolute atomic E-state index is 13.3. The number of benzene rings is 1. The molecule has 0 unspecified atom stereocenters. The quantitative estimate of drug-likeness (QED) is 0.637. The summed E-state index contributed by atoms with van der Waals surface area (Å²) in [5, 5.41) is 5.42. The fourth-order valence-corrected chi connectivity index (χ4v) is 3.94. The van der Waals surface area contributed by atoms with Crippen LogP contribution in [0.5, 0.6) is 5.75 Å². The van der Waals surface area contributed by atoms with Crippen molar-refractivity contribution in [1.29, 1.82) is 0 Å². The first-order chi connectivity index (χ1) is 16.3. The molecule has 0 bridgehead atoms. The molecule has 11 heteroatoms. The second-order valence-corrected chi connectivity index (χ2v) is 9.42. The minimum Gasteiger partial charge on any atom is -0.491 e. The molecule has 1 heterocycles. The molecule has 0 saturated carbocycles. The number of urea groups is 1. The van der Waals surface area contributed by atoms with Crippen LogP contribution in [0.25, 0.3) is 0 Å². The predicted molar refractivity (Wildman–Crippen MR) is 128 cm³/mol. The zero-order valence-electron chi connectivity index (χ0n) is 21.2. The van der Waals surface area contributed by atoms with Gasteiger partial charge in [0.25, 0.3) is 5.91 Å². The first-order valence-corrected chi connectivity index (χ1v) is 11.7. The lowest BCUT2D eigenvalue weighted by Crippen LogP contribution is -2.47. The lowest BCUT2D eigenvalue weighted by atomic mass is 10.0. The Kier molecular flexibility index (Phi) is 10.2. The molecule has 3 atom stereocenters. The van der Waals surface area contributed by atoms with E-state index in [9.17, 15) is 22.8 Å². The highest BCUT2D eigenvalue weighted by Crippen LogP contribution is 2.27. The normalized spacial score (nSPS) is 22.6. The van der Waals surface area contributed by atoms with Gasteiger partial charge in [-0.1, -0.05) is 6.92 Å². The van der Waals surface area contributed by atoms with Gasteiger partial charge in [-0.15, -0.1) is 0 Å². The maximum atomic E-state index is 13.3. The Morgan fingerprint density at radius 3 is 2.54 bits per heavy atom. The fourth-order valence-electron chi connectivity index (χ4n) is 3.94. The van der Waals surface area contributed by atoms with E-state index >= 15 is 0 Å². The van der Waals surface area contributed by atoms with Crippen molar-refractivity contribution in [3.63, 3.8) is 0 Å². The third-order valence-corrected chi connectivity index (χ3v) is 5.93. The van der Waals surface area contributed by atoms with Crippen LogP contribution in [0.1, 0.15) is 44.5 Å². The third kappa shape index (κ3) is 8.88. The van der Waals surface area contributed by atoms with E-state index in [2.05, 4.69) is 10.6 Å². The number of nitrogens with one attached hydrogen (secondary N) is 2. The van der Waals surface area contributed by atoms with Gasteiger partial charge in [-0.3, -0.25) is 9.69 Å². The van der Waals surface area contributed by atoms with Gasteiger partial charge in [-0.2, -0.15) is 13.2 Å². The molecule has 1 aromatic rings. The summed E-state index contributed by atoms with van der Waals surface area (Å²) in [6, 6.07) is 3.93. The number of fused-ring (bicyclic) bond motifs is 1. The Hall–Kier alpha value is -2.53. The molecule has 1 aliphatic rings. The van der Waals surface area contributed by atoms with Gasteiger partial charge in [0.15, 0.2) is 0 Å². The van der Waals surface area contributed by atoms with E-state index in [4.69, 9.17) is 9.47 Å². The van der Waals surface area contributed by atoms with Gasteiger partial charge < -0.3 is 25.0 Å². The third-order valence-electron chi connectivity index (χ3n) is 5.93. The molecule has 8 nitrogen and oxygen atoms in total. The Morgan fingerprint density at radius 2 is 1.94 bits per heavy atom. The summed E-state index contributed by atoms with van der Waals surface area (Å²) in [4.78, 5) is 28.7. The van der Waals surface area contributed by atoms with E-state index in [-0.39, 0.29) is 55.3 Å². The molecule has 0 saturated heterocycles. The van der Waals surface area contributed by atoms with E-state index < -0.39 is 18.6 Å². The van der Waals surface area contributed by atoms with Crippen LogP contribution in [0.4, 0.5) is 23.7 Å². The average Bonchev–Trinajstić information content (AvgIpc) is 2.76. The van der Waals surface area contributed by atoms with Crippen LogP contribution in [-0.4, -0.2) is 86.5 Å². The van der Waals surface area contributed by atoms with Crippen molar-refractivity contribution in [2.24, 2.45) is 5.92 Å². The number of likely N-dealkylation sites (N-methyl/N-ethyl adjacent to an activating group) is 1. The average molecular weight is 503 g/mol. The largest absolute Gasteiger partial charge is 0.491 e. The number of halogens is 3. The highest BCUT2D eigenvalue weighted by molar-refractivity contribution is 5.99. The Balaban J connectivity index is 2.37. The van der Waals surface area contributed by atoms with Crippen LogP contribution in [0, 0.1) is 5.92 Å². The molecule has 3 amide bonds. The number of carbonyl (C=O) groups excluding carboxylic acids is 2. The molecule has 35 heavy (non-hydrogen) atoms. The predicted octanol–water partition coefficient (Wildman–Crippen LogP) is 3.97. The monoisotopic (exact) mass is 502 g/mol. The number of alkyl halides is 3. The fraction of sp³-hybridized carbons (Fsp3) is 0.667. The number of hydrogen-bond donors (Lipinski definition) is 2. The summed E-state index contributed by atoms with van der Waals surface area (Å²) >= 11 is 0. The van der Waals surface area contributed by atoms with Gasteiger partial charge in [-0.25, -0.2) is 4.79 Å². The summed E-state index contributed by atoms with van der Waals surface area (Å²) in [5.41, 5.74) is 0.655. The Labute approximate surface area is 205 Å². The summed E-state index contributed by atoms with van der Waals surface area (Å²) in [5.74, 6) is -0.163. The van der Waals surface area contributed by atoms with Crippen molar-refractivity contribution in [3.8, 4) is 5.75 Å². The number of hydrogen-bond acceptors (Lipinski definition) is 5. The van der Waals surface area contributed by atoms with Crippen molar-refractivity contribution in [2.75, 3.05) is 45.7 Å². The number of amides is 3. The molecule has 1 aliphatic heterocycles. The molecule has 0 aromatic heterocycles. The lowest BCUT2D eigenvalue weighted by Gasteiger charge is -2.36. The highest BCUT2D eigenvalue weighted by Gasteiger charge is 2.32. The smallest absolute Gasteiger partial charge is 0.390 e. The van der Waals surface area contributed by atoms with E-state index in [1.54, 1.807) is 31.0 Å². The van der Waals surface area contributed by atoms with Gasteiger partial charge in [0.05, 0.1) is 18.1 Å². The van der Waals surface area contributed by atoms with Gasteiger partial charge in [0.1, 0.15) is 12.4 Å². The second-order valence-electron chi connectivity index (χ2n) is 9.42. The molecular weight excluding hydrogens is 465 g/mol. The Morgan fingerprint density at radius 1 is 1.26 bits per heavy atom. The SMILES string of the molecule is CO[C@H]1CN(C)C(=O)c2cc(NC(=O)NC(C)C)ccc2OC[C@@H](C)N(CCC(F)(F)F)C[C@@H]1C. The molecule has 2 N–H and O–H groups in total. The molecule has 198 valence electrons. The highest BCUT2D eigenvalue weighted by atomic mass is 19.4. The van der Waals surface area contributed by atoms with Crippen LogP contribution in [-0.2, 0) is 4.74 Å². The molecule has 0 aliphatic carbocycles. The zero-order chi connectivity index (χ0) is 26.3. The molecule has 0 radical (unpaired) electrons. The zero-order valence-corrected chi connectivity index (χ0v) is 21.2. The first-order valence-electron chi connectivity index (χ1n) is 11.7. The van der Waals surface area contributed by atoms with Crippen molar-refractivity contribution in [2.45, 2.75) is 58.5 Å². The number of ether oxygens (including phenoxy) is 2. The summed E-state index contributed by atoms with van der Waals surface area (Å²) in [7, 11) is 3.16. The van der Waals surface area contributed by atoms with Crippen LogP contribution in [0.2, 0.25) is 0 Å². The van der Waals surface area contributed by atoms with Crippen molar-refractivity contribution in [3.05, 3.63) is 23.8 Å². The second kappa shape index (κ2) is 12.4. The topological polar surface area (TPSA) is 83.1 Å². The van der Waals surface area contributed by atoms with Gasteiger partial charge in [-0.05, 0) is 44.9 Å². The van der Waals surface area contributed by atoms with Crippen molar-refractivity contribution < 1.29 is 32.2 Å². The lowest BCUT2D eigenvalue weighted by molar-refractivity contribution is -0.140. The summed E-state index contributed by atoms with van der Waals surface area (Å²) in [6.45, 7) is 7.89. The molecular formula is C24H37F3N4O4. The van der Waals surface area contributed by atoms with E-state index in [1.165, 1.54) is 18.1 Å². The molecule has 0 fully saturated rings. The Bertz CT molecular complexity index is 866. The van der Waals surface area contributed by atoms with E-state index in [0.29, 0.717) is 18.0 Å². The van der Waals surface area contributed by atoms with E-state index in [1.807, 2.05) is 20.8 Å². The minimum atomic E-state index is -4.27. The maximum Gasteiger partial charge on any atom is 0.390 e. The summed E-state index contributed by atoms with van der Waals surface area (Å²) in [6.07, 6.45) is -5.57. The van der Waals surface area contributed by atoms with Gasteiger partial charge >= 0.3 is 12.2 Å². The van der Waals surface area contributed by atoms with Crippen molar-refractivity contribution >= 4 is 17.6 Å². The van der Waals surface area contributed by atoms with Crippen LogP contribution < -0.4 is 15.4 Å². The number of carbonyl (C=O) groups is 2. The van der Waals surface area contributed by atoms with Gasteiger partial charge in [0, 0.05) is 51.6 Å². The number of anilines is 1.